The van der Waals surface area contributed by atoms with Crippen LogP contribution >= 0.6 is 0 Å². The zero-order valence-electron chi connectivity index (χ0n) is 12.8. The molecule has 0 amide bonds. The lowest BCUT2D eigenvalue weighted by atomic mass is 10.0. The van der Waals surface area contributed by atoms with Crippen molar-refractivity contribution in [3.63, 3.8) is 0 Å². The van der Waals surface area contributed by atoms with Gasteiger partial charge in [-0.1, -0.05) is 20.3 Å². The molecule has 1 unspecified atom stereocenters. The monoisotopic (exact) mass is 264 g/mol. The van der Waals surface area contributed by atoms with Gasteiger partial charge in [-0.05, 0) is 51.3 Å². The van der Waals surface area contributed by atoms with E-state index in [0.717, 1.165) is 25.1 Å². The highest BCUT2D eigenvalue weighted by molar-refractivity contribution is 5.23. The van der Waals surface area contributed by atoms with E-state index in [0.29, 0.717) is 6.04 Å². The van der Waals surface area contributed by atoms with Crippen LogP contribution in [0.4, 0.5) is 0 Å². The third kappa shape index (κ3) is 6.58. The summed E-state index contributed by atoms with van der Waals surface area (Å²) in [5.41, 5.74) is 1.26. The molecule has 108 valence electrons. The molecule has 1 heterocycles. The minimum Gasteiger partial charge on any atom is -0.489 e. The summed E-state index contributed by atoms with van der Waals surface area (Å²) in [7, 11) is 0. The van der Waals surface area contributed by atoms with Gasteiger partial charge < -0.3 is 10.1 Å². The third-order valence-corrected chi connectivity index (χ3v) is 3.05. The first-order valence-corrected chi connectivity index (χ1v) is 7.49. The summed E-state index contributed by atoms with van der Waals surface area (Å²) in [6, 6.07) is 2.73. The fraction of sp³-hybridized carbons (Fsp3) is 0.688. The Morgan fingerprint density at radius 1 is 1.21 bits per heavy atom. The van der Waals surface area contributed by atoms with Crippen molar-refractivity contribution < 1.29 is 4.74 Å². The fourth-order valence-electron chi connectivity index (χ4n) is 2.26. The van der Waals surface area contributed by atoms with Gasteiger partial charge in [0.1, 0.15) is 5.75 Å². The van der Waals surface area contributed by atoms with Crippen LogP contribution in [0.3, 0.4) is 0 Å². The van der Waals surface area contributed by atoms with Crippen LogP contribution < -0.4 is 10.1 Å². The third-order valence-electron chi connectivity index (χ3n) is 3.05. The number of aromatic nitrogens is 1. The molecular weight excluding hydrogens is 236 g/mol. The van der Waals surface area contributed by atoms with Gasteiger partial charge in [-0.15, -0.1) is 0 Å². The molecule has 0 aliphatic rings. The van der Waals surface area contributed by atoms with Crippen molar-refractivity contribution in [2.75, 3.05) is 6.54 Å². The summed E-state index contributed by atoms with van der Waals surface area (Å²) < 4.78 is 5.68. The van der Waals surface area contributed by atoms with Crippen molar-refractivity contribution in [1.29, 1.82) is 0 Å². The topological polar surface area (TPSA) is 34.1 Å². The molecule has 1 N–H and O–H groups in total. The van der Waals surface area contributed by atoms with Crippen molar-refractivity contribution >= 4 is 0 Å². The second-order valence-corrected chi connectivity index (χ2v) is 5.28. The predicted octanol–water partition coefficient (Wildman–Crippen LogP) is 3.58. The maximum atomic E-state index is 5.68. The van der Waals surface area contributed by atoms with E-state index < -0.39 is 0 Å². The van der Waals surface area contributed by atoms with E-state index >= 15 is 0 Å². The standard InChI is InChI=1S/C16H28N2O/c1-5-7-15(18-6-2)9-8-14-10-16(12-17-11-14)19-13(3)4/h10-13,15,18H,5-9H2,1-4H3. The van der Waals surface area contributed by atoms with Crippen LogP contribution in [0.25, 0.3) is 0 Å². The molecule has 1 rings (SSSR count). The zero-order valence-corrected chi connectivity index (χ0v) is 12.8. The van der Waals surface area contributed by atoms with Gasteiger partial charge in [0.25, 0.3) is 0 Å². The van der Waals surface area contributed by atoms with Gasteiger partial charge in [0.05, 0.1) is 12.3 Å². The van der Waals surface area contributed by atoms with Crippen molar-refractivity contribution in [3.8, 4) is 5.75 Å². The van der Waals surface area contributed by atoms with Gasteiger partial charge in [0, 0.05) is 12.2 Å². The number of rotatable bonds is 9. The minimum atomic E-state index is 0.201. The molecule has 1 atom stereocenters. The van der Waals surface area contributed by atoms with E-state index in [1.54, 1.807) is 6.20 Å². The Kier molecular flexibility index (Phi) is 7.49. The Labute approximate surface area is 117 Å². The summed E-state index contributed by atoms with van der Waals surface area (Å²) in [4.78, 5) is 4.26. The maximum Gasteiger partial charge on any atom is 0.138 e. The molecule has 0 saturated carbocycles. The van der Waals surface area contributed by atoms with Gasteiger partial charge in [-0.25, -0.2) is 0 Å². The predicted molar refractivity (Wildman–Crippen MR) is 80.7 cm³/mol. The molecule has 0 aliphatic carbocycles. The SMILES string of the molecule is CCCC(CCc1cncc(OC(C)C)c1)NCC. The van der Waals surface area contributed by atoms with Crippen molar-refractivity contribution in [3.05, 3.63) is 24.0 Å². The van der Waals surface area contributed by atoms with Crippen LogP contribution in [0.2, 0.25) is 0 Å². The number of aryl methyl sites for hydroxylation is 1. The second-order valence-electron chi connectivity index (χ2n) is 5.28. The Hall–Kier alpha value is -1.09. The Morgan fingerprint density at radius 2 is 2.00 bits per heavy atom. The smallest absolute Gasteiger partial charge is 0.138 e. The number of hydrogen-bond acceptors (Lipinski definition) is 3. The largest absolute Gasteiger partial charge is 0.489 e. The minimum absolute atomic E-state index is 0.201. The van der Waals surface area contributed by atoms with Gasteiger partial charge >= 0.3 is 0 Å². The molecule has 0 aliphatic heterocycles. The molecule has 19 heavy (non-hydrogen) atoms. The number of nitrogens with one attached hydrogen (secondary N) is 1. The molecular formula is C16H28N2O. The number of nitrogens with zero attached hydrogens (tertiary/aromatic N) is 1. The number of hydrogen-bond donors (Lipinski definition) is 1. The molecule has 1 aromatic rings. The van der Waals surface area contributed by atoms with Crippen LogP contribution in [0.1, 0.15) is 52.5 Å². The lowest BCUT2D eigenvalue weighted by molar-refractivity contribution is 0.241. The highest BCUT2D eigenvalue weighted by Crippen LogP contribution is 2.15. The molecule has 0 radical (unpaired) electrons. The van der Waals surface area contributed by atoms with Crippen LogP contribution in [0, 0.1) is 0 Å². The van der Waals surface area contributed by atoms with E-state index in [4.69, 9.17) is 4.74 Å². The van der Waals surface area contributed by atoms with Crippen molar-refractivity contribution in [1.82, 2.24) is 10.3 Å². The molecule has 0 aromatic carbocycles. The van der Waals surface area contributed by atoms with E-state index in [2.05, 4.69) is 30.2 Å². The molecule has 0 bridgehead atoms. The summed E-state index contributed by atoms with van der Waals surface area (Å²) in [6.07, 6.45) is 8.62. The second kappa shape index (κ2) is 8.92. The van der Waals surface area contributed by atoms with E-state index in [1.807, 2.05) is 20.0 Å². The Morgan fingerprint density at radius 3 is 2.63 bits per heavy atom. The van der Waals surface area contributed by atoms with Crippen LogP contribution in [0.15, 0.2) is 18.5 Å². The van der Waals surface area contributed by atoms with Crippen molar-refractivity contribution in [2.45, 2.75) is 65.5 Å². The lowest BCUT2D eigenvalue weighted by Gasteiger charge is -2.17. The highest BCUT2D eigenvalue weighted by atomic mass is 16.5. The maximum absolute atomic E-state index is 5.68. The molecule has 0 saturated heterocycles. The van der Waals surface area contributed by atoms with Gasteiger partial charge in [0.2, 0.25) is 0 Å². The van der Waals surface area contributed by atoms with Crippen LogP contribution in [-0.4, -0.2) is 23.7 Å². The lowest BCUT2D eigenvalue weighted by Crippen LogP contribution is -2.29. The van der Waals surface area contributed by atoms with Gasteiger partial charge in [0.15, 0.2) is 0 Å². The number of ether oxygens (including phenoxy) is 1. The first-order valence-electron chi connectivity index (χ1n) is 7.49. The van der Waals surface area contributed by atoms with Gasteiger partial charge in [-0.3, -0.25) is 4.98 Å². The Balaban J connectivity index is 2.51. The molecule has 3 heteroatoms. The normalized spacial score (nSPS) is 12.7. The fourth-order valence-corrected chi connectivity index (χ4v) is 2.26. The summed E-state index contributed by atoms with van der Waals surface area (Å²) in [5, 5.41) is 3.55. The molecule has 1 aromatic heterocycles. The first-order chi connectivity index (χ1) is 9.15. The summed E-state index contributed by atoms with van der Waals surface area (Å²) >= 11 is 0. The quantitative estimate of drug-likeness (QED) is 0.740. The highest BCUT2D eigenvalue weighted by Gasteiger charge is 2.07. The molecule has 0 spiro atoms. The van der Waals surface area contributed by atoms with E-state index in [1.165, 1.54) is 18.4 Å². The molecule has 3 nitrogen and oxygen atoms in total. The summed E-state index contributed by atoms with van der Waals surface area (Å²) in [6.45, 7) is 9.52. The Bertz CT molecular complexity index is 346. The van der Waals surface area contributed by atoms with E-state index in [9.17, 15) is 0 Å². The van der Waals surface area contributed by atoms with Crippen molar-refractivity contribution in [2.24, 2.45) is 0 Å². The number of pyridine rings is 1. The first kappa shape index (κ1) is 16.0. The summed E-state index contributed by atoms with van der Waals surface area (Å²) in [5.74, 6) is 0.878. The van der Waals surface area contributed by atoms with E-state index in [-0.39, 0.29) is 6.10 Å². The molecule has 0 fully saturated rings. The average molecular weight is 264 g/mol. The van der Waals surface area contributed by atoms with Gasteiger partial charge in [-0.2, -0.15) is 0 Å². The van der Waals surface area contributed by atoms with Crippen LogP contribution in [-0.2, 0) is 6.42 Å². The zero-order chi connectivity index (χ0) is 14.1. The average Bonchev–Trinajstić information content (AvgIpc) is 2.36. The van der Waals surface area contributed by atoms with Crippen LogP contribution in [0.5, 0.6) is 5.75 Å².